The number of thioether (sulfide) groups is 1. The molecule has 1 aromatic rings. The number of carbonyl (C=O) groups is 2. The van der Waals surface area contributed by atoms with Gasteiger partial charge in [-0.1, -0.05) is 18.2 Å². The van der Waals surface area contributed by atoms with E-state index in [1.54, 1.807) is 0 Å². The topological polar surface area (TPSA) is 88.9 Å². The lowest BCUT2D eigenvalue weighted by atomic mass is 9.53. The molecule has 1 aromatic heterocycles. The van der Waals surface area contributed by atoms with Gasteiger partial charge in [0.15, 0.2) is 5.16 Å². The number of urea groups is 1. The van der Waals surface area contributed by atoms with Gasteiger partial charge in [0.25, 0.3) is 0 Å². The Balaban J connectivity index is 1.14. The van der Waals surface area contributed by atoms with Gasteiger partial charge in [-0.3, -0.25) is 10.1 Å². The molecule has 152 valence electrons. The molecule has 0 atom stereocenters. The van der Waals surface area contributed by atoms with Crippen molar-refractivity contribution in [2.24, 2.45) is 17.8 Å². The number of hydrogen-bond acceptors (Lipinski definition) is 5. The molecule has 0 aromatic carbocycles. The normalized spacial score (nSPS) is 33.2. The lowest BCUT2D eigenvalue weighted by Gasteiger charge is -2.56. The SMILES string of the molecule is O=C(CSc1nnc2n1CCCCC2)NC(=O)NC12CC3CC(CC(C3)C1)C2. The zero-order valence-electron chi connectivity index (χ0n) is 16.3. The van der Waals surface area contributed by atoms with Crippen molar-refractivity contribution in [3.05, 3.63) is 5.82 Å². The molecule has 28 heavy (non-hydrogen) atoms. The molecule has 4 aliphatic carbocycles. The average molecular weight is 404 g/mol. The van der Waals surface area contributed by atoms with E-state index < -0.39 is 0 Å². The van der Waals surface area contributed by atoms with Crippen LogP contribution in [0.4, 0.5) is 4.79 Å². The molecule has 5 aliphatic rings. The van der Waals surface area contributed by atoms with Crippen LogP contribution in [0.3, 0.4) is 0 Å². The summed E-state index contributed by atoms with van der Waals surface area (Å²) in [6.45, 7) is 0.915. The third kappa shape index (κ3) is 3.67. The summed E-state index contributed by atoms with van der Waals surface area (Å²) in [4.78, 5) is 24.8. The molecule has 4 fully saturated rings. The largest absolute Gasteiger partial charge is 0.332 e. The van der Waals surface area contributed by atoms with Gasteiger partial charge in [-0.2, -0.15) is 0 Å². The van der Waals surface area contributed by atoms with Crippen LogP contribution < -0.4 is 10.6 Å². The lowest BCUT2D eigenvalue weighted by molar-refractivity contribution is -0.117. The van der Waals surface area contributed by atoms with Gasteiger partial charge in [-0.25, -0.2) is 4.79 Å². The Kier molecular flexibility index (Phi) is 4.85. The standard InChI is InChI=1S/C20H29N5O2S/c26-17(12-28-19-24-23-16-4-2-1-3-5-25(16)19)21-18(27)22-20-9-13-6-14(10-20)8-15(7-13)11-20/h13-15H,1-12H2,(H2,21,22,26,27). The molecule has 6 rings (SSSR count). The van der Waals surface area contributed by atoms with Crippen LogP contribution in [0.25, 0.3) is 0 Å². The van der Waals surface area contributed by atoms with Crippen molar-refractivity contribution in [3.8, 4) is 0 Å². The van der Waals surface area contributed by atoms with Gasteiger partial charge >= 0.3 is 6.03 Å². The van der Waals surface area contributed by atoms with E-state index >= 15 is 0 Å². The van der Waals surface area contributed by atoms with E-state index in [1.165, 1.54) is 37.4 Å². The Morgan fingerprint density at radius 2 is 1.75 bits per heavy atom. The van der Waals surface area contributed by atoms with Crippen molar-refractivity contribution >= 4 is 23.7 Å². The number of aromatic nitrogens is 3. The Morgan fingerprint density at radius 3 is 2.46 bits per heavy atom. The summed E-state index contributed by atoms with van der Waals surface area (Å²) in [6, 6.07) is -0.326. The summed E-state index contributed by atoms with van der Waals surface area (Å²) in [5.41, 5.74) is -0.0728. The lowest BCUT2D eigenvalue weighted by Crippen LogP contribution is -2.61. The maximum atomic E-state index is 12.5. The Morgan fingerprint density at radius 1 is 1.04 bits per heavy atom. The van der Waals surface area contributed by atoms with Gasteiger partial charge in [-0.05, 0) is 69.1 Å². The smallest absolute Gasteiger partial charge is 0.321 e. The molecular weight excluding hydrogens is 374 g/mol. The van der Waals surface area contributed by atoms with Crippen LogP contribution in [0.2, 0.25) is 0 Å². The third-order valence-corrected chi connectivity index (χ3v) is 8.04. The molecule has 0 saturated heterocycles. The number of aryl methyl sites for hydroxylation is 1. The minimum Gasteiger partial charge on any atom is -0.332 e. The highest BCUT2D eigenvalue weighted by atomic mass is 32.2. The summed E-state index contributed by atoms with van der Waals surface area (Å²) in [5.74, 6) is 3.23. The number of fused-ring (bicyclic) bond motifs is 1. The first-order valence-corrected chi connectivity index (χ1v) is 11.7. The van der Waals surface area contributed by atoms with Crippen molar-refractivity contribution in [1.82, 2.24) is 25.4 Å². The minimum atomic E-state index is -0.326. The average Bonchev–Trinajstić information content (AvgIpc) is 2.84. The van der Waals surface area contributed by atoms with Crippen molar-refractivity contribution in [1.29, 1.82) is 0 Å². The molecule has 0 unspecified atom stereocenters. The maximum Gasteiger partial charge on any atom is 0.321 e. The van der Waals surface area contributed by atoms with Crippen LogP contribution in [0.15, 0.2) is 5.16 Å². The fraction of sp³-hybridized carbons (Fsp3) is 0.800. The van der Waals surface area contributed by atoms with Crippen LogP contribution in [-0.2, 0) is 17.8 Å². The highest BCUT2D eigenvalue weighted by Crippen LogP contribution is 2.55. The molecule has 0 spiro atoms. The van der Waals surface area contributed by atoms with Crippen molar-refractivity contribution in [2.45, 2.75) is 81.4 Å². The molecule has 3 amide bonds. The van der Waals surface area contributed by atoms with Crippen molar-refractivity contribution in [2.75, 3.05) is 5.75 Å². The Labute approximate surface area is 169 Å². The zero-order valence-corrected chi connectivity index (χ0v) is 17.1. The molecule has 7 nitrogen and oxygen atoms in total. The van der Waals surface area contributed by atoms with E-state index in [0.717, 1.165) is 73.8 Å². The van der Waals surface area contributed by atoms with Gasteiger partial charge in [0, 0.05) is 18.5 Å². The van der Waals surface area contributed by atoms with Gasteiger partial charge in [0.2, 0.25) is 5.91 Å². The zero-order chi connectivity index (χ0) is 19.1. The molecule has 1 aliphatic heterocycles. The van der Waals surface area contributed by atoms with Crippen LogP contribution in [0, 0.1) is 17.8 Å². The third-order valence-electron chi connectivity index (χ3n) is 7.08. The van der Waals surface area contributed by atoms with Crippen molar-refractivity contribution in [3.63, 3.8) is 0 Å². The molecule has 2 N–H and O–H groups in total. The number of imide groups is 1. The predicted molar refractivity (Wildman–Crippen MR) is 106 cm³/mol. The van der Waals surface area contributed by atoms with Crippen LogP contribution >= 0.6 is 11.8 Å². The summed E-state index contributed by atoms with van der Waals surface area (Å²) in [6.07, 6.45) is 11.7. The van der Waals surface area contributed by atoms with Crippen molar-refractivity contribution < 1.29 is 9.59 Å². The van der Waals surface area contributed by atoms with E-state index in [0.29, 0.717) is 0 Å². The second kappa shape index (κ2) is 7.35. The number of amides is 3. The highest BCUT2D eigenvalue weighted by Gasteiger charge is 2.51. The van der Waals surface area contributed by atoms with Gasteiger partial charge in [-0.15, -0.1) is 10.2 Å². The monoisotopic (exact) mass is 403 g/mol. The quantitative estimate of drug-likeness (QED) is 0.755. The maximum absolute atomic E-state index is 12.5. The van der Waals surface area contributed by atoms with Crippen LogP contribution in [0.1, 0.15) is 63.6 Å². The molecular formula is C20H29N5O2S. The minimum absolute atomic E-state index is 0.0728. The fourth-order valence-electron chi connectivity index (χ4n) is 6.39. The first-order valence-electron chi connectivity index (χ1n) is 10.8. The summed E-state index contributed by atoms with van der Waals surface area (Å²) < 4.78 is 2.13. The molecule has 4 saturated carbocycles. The molecule has 0 radical (unpaired) electrons. The number of nitrogens with one attached hydrogen (secondary N) is 2. The van der Waals surface area contributed by atoms with E-state index in [2.05, 4.69) is 25.4 Å². The van der Waals surface area contributed by atoms with E-state index in [-0.39, 0.29) is 23.2 Å². The fourth-order valence-corrected chi connectivity index (χ4v) is 7.18. The van der Waals surface area contributed by atoms with E-state index in [4.69, 9.17) is 0 Å². The van der Waals surface area contributed by atoms with E-state index in [1.807, 2.05) is 0 Å². The van der Waals surface area contributed by atoms with Gasteiger partial charge < -0.3 is 9.88 Å². The Bertz CT molecular complexity index is 741. The second-order valence-corrected chi connectivity index (χ2v) is 10.3. The van der Waals surface area contributed by atoms with Gasteiger partial charge in [0.05, 0.1) is 5.75 Å². The summed E-state index contributed by atoms with van der Waals surface area (Å²) in [5, 5.41) is 15.0. The molecule has 4 bridgehead atoms. The number of hydrogen-bond donors (Lipinski definition) is 2. The molecule has 2 heterocycles. The van der Waals surface area contributed by atoms with Gasteiger partial charge in [0.1, 0.15) is 5.82 Å². The summed E-state index contributed by atoms with van der Waals surface area (Å²) >= 11 is 1.37. The number of nitrogens with zero attached hydrogens (tertiary/aromatic N) is 3. The predicted octanol–water partition coefficient (Wildman–Crippen LogP) is 2.89. The Hall–Kier alpha value is -1.57. The highest BCUT2D eigenvalue weighted by molar-refractivity contribution is 7.99. The first kappa shape index (κ1) is 18.5. The van der Waals surface area contributed by atoms with Crippen LogP contribution in [-0.4, -0.2) is 38.0 Å². The number of carbonyl (C=O) groups excluding carboxylic acids is 2. The molecule has 8 heteroatoms. The van der Waals surface area contributed by atoms with E-state index in [9.17, 15) is 9.59 Å². The van der Waals surface area contributed by atoms with Crippen LogP contribution in [0.5, 0.6) is 0 Å². The summed E-state index contributed by atoms with van der Waals surface area (Å²) in [7, 11) is 0. The second-order valence-electron chi connectivity index (χ2n) is 9.35. The number of rotatable bonds is 4. The first-order chi connectivity index (χ1) is 13.6.